The zero-order chi connectivity index (χ0) is 13.8. The largest absolute Gasteiger partial charge is 0.367 e. The van der Waals surface area contributed by atoms with Crippen molar-refractivity contribution in [3.05, 3.63) is 23.5 Å². The highest BCUT2D eigenvalue weighted by Crippen LogP contribution is 2.16. The van der Waals surface area contributed by atoms with Crippen molar-refractivity contribution in [3.8, 4) is 0 Å². The number of H-pyrrole nitrogens is 1. The number of hydrogen-bond donors (Lipinski definition) is 1. The minimum atomic E-state index is 1.27. The predicted octanol–water partition coefficient (Wildman–Crippen LogP) is 6.04. The standard InChI is InChI=1S/C18H33N/c1-3-5-7-9-10-12-14-18-16-19-15-17(18)13-11-8-6-4-2/h15-16,19H,3-14H2,1-2H3. The molecule has 0 radical (unpaired) electrons. The second kappa shape index (κ2) is 11.1. The number of aromatic amines is 1. The Balaban J connectivity index is 2.13. The molecule has 0 aliphatic rings. The molecule has 1 aromatic heterocycles. The highest BCUT2D eigenvalue weighted by Gasteiger charge is 2.03. The lowest BCUT2D eigenvalue weighted by molar-refractivity contribution is 0.605. The van der Waals surface area contributed by atoms with Crippen LogP contribution in [0.2, 0.25) is 0 Å². The average molecular weight is 263 g/mol. The maximum atomic E-state index is 3.30. The molecule has 0 bridgehead atoms. The van der Waals surface area contributed by atoms with Crippen LogP contribution in [0.25, 0.3) is 0 Å². The lowest BCUT2D eigenvalue weighted by Crippen LogP contribution is -1.91. The van der Waals surface area contributed by atoms with Crippen molar-refractivity contribution in [2.75, 3.05) is 0 Å². The van der Waals surface area contributed by atoms with Gasteiger partial charge in [0.2, 0.25) is 0 Å². The van der Waals surface area contributed by atoms with E-state index in [1.54, 1.807) is 11.1 Å². The summed E-state index contributed by atoms with van der Waals surface area (Å²) in [5.74, 6) is 0. The third-order valence-corrected chi connectivity index (χ3v) is 4.03. The summed E-state index contributed by atoms with van der Waals surface area (Å²) in [5, 5.41) is 0. The zero-order valence-corrected chi connectivity index (χ0v) is 13.1. The van der Waals surface area contributed by atoms with Gasteiger partial charge in [0.15, 0.2) is 0 Å². The van der Waals surface area contributed by atoms with Crippen molar-refractivity contribution < 1.29 is 0 Å². The lowest BCUT2D eigenvalue weighted by atomic mass is 10.0. The summed E-state index contributed by atoms with van der Waals surface area (Å²) >= 11 is 0. The molecule has 1 heterocycles. The first-order valence-corrected chi connectivity index (χ1v) is 8.53. The van der Waals surface area contributed by atoms with E-state index in [0.29, 0.717) is 0 Å². The second-order valence-electron chi connectivity index (χ2n) is 5.83. The van der Waals surface area contributed by atoms with Gasteiger partial charge in [-0.2, -0.15) is 0 Å². The van der Waals surface area contributed by atoms with Gasteiger partial charge in [-0.15, -0.1) is 0 Å². The fourth-order valence-corrected chi connectivity index (χ4v) is 2.73. The molecular formula is C18H33N. The monoisotopic (exact) mass is 263 g/mol. The Morgan fingerprint density at radius 1 is 0.632 bits per heavy atom. The summed E-state index contributed by atoms with van der Waals surface area (Å²) in [5.41, 5.74) is 3.15. The third kappa shape index (κ3) is 7.44. The predicted molar refractivity (Wildman–Crippen MR) is 85.7 cm³/mol. The molecule has 0 amide bonds. The van der Waals surface area contributed by atoms with Gasteiger partial charge in [0.25, 0.3) is 0 Å². The molecule has 0 saturated carbocycles. The number of nitrogens with one attached hydrogen (secondary N) is 1. The fourth-order valence-electron chi connectivity index (χ4n) is 2.73. The quantitative estimate of drug-likeness (QED) is 0.442. The van der Waals surface area contributed by atoms with Crippen LogP contribution in [0.3, 0.4) is 0 Å². The van der Waals surface area contributed by atoms with E-state index in [4.69, 9.17) is 0 Å². The van der Waals surface area contributed by atoms with E-state index in [-0.39, 0.29) is 0 Å². The van der Waals surface area contributed by atoms with Gasteiger partial charge in [0.05, 0.1) is 0 Å². The van der Waals surface area contributed by atoms with Crippen LogP contribution < -0.4 is 0 Å². The van der Waals surface area contributed by atoms with Crippen LogP contribution in [-0.4, -0.2) is 4.98 Å². The number of rotatable bonds is 12. The molecule has 0 aliphatic carbocycles. The van der Waals surface area contributed by atoms with Crippen molar-refractivity contribution in [2.45, 2.75) is 90.9 Å². The van der Waals surface area contributed by atoms with Gasteiger partial charge in [-0.25, -0.2) is 0 Å². The van der Waals surface area contributed by atoms with Crippen molar-refractivity contribution in [2.24, 2.45) is 0 Å². The molecule has 1 nitrogen and oxygen atoms in total. The molecule has 0 aliphatic heterocycles. The van der Waals surface area contributed by atoms with Gasteiger partial charge in [-0.05, 0) is 36.8 Å². The summed E-state index contributed by atoms with van der Waals surface area (Å²) in [6.07, 6.45) is 20.8. The number of hydrogen-bond acceptors (Lipinski definition) is 0. The molecule has 1 heteroatoms. The maximum absolute atomic E-state index is 3.30. The average Bonchev–Trinajstić information content (AvgIpc) is 2.86. The smallest absolute Gasteiger partial charge is 0.00401 e. The van der Waals surface area contributed by atoms with E-state index in [1.807, 2.05) is 0 Å². The number of aryl methyl sites for hydroxylation is 2. The summed E-state index contributed by atoms with van der Waals surface area (Å²) in [6, 6.07) is 0. The Bertz CT molecular complexity index is 300. The highest BCUT2D eigenvalue weighted by atomic mass is 14.6. The van der Waals surface area contributed by atoms with Gasteiger partial charge >= 0.3 is 0 Å². The third-order valence-electron chi connectivity index (χ3n) is 4.03. The Kier molecular flexibility index (Phi) is 9.57. The molecule has 0 spiro atoms. The first-order valence-electron chi connectivity index (χ1n) is 8.53. The summed E-state index contributed by atoms with van der Waals surface area (Å²) in [4.78, 5) is 3.30. The van der Waals surface area contributed by atoms with Crippen molar-refractivity contribution in [1.29, 1.82) is 0 Å². The van der Waals surface area contributed by atoms with E-state index in [2.05, 4.69) is 31.2 Å². The maximum Gasteiger partial charge on any atom is 0.00401 e. The molecule has 0 fully saturated rings. The molecule has 0 aromatic carbocycles. The minimum absolute atomic E-state index is 1.27. The minimum Gasteiger partial charge on any atom is -0.367 e. The zero-order valence-electron chi connectivity index (χ0n) is 13.1. The van der Waals surface area contributed by atoms with E-state index in [0.717, 1.165) is 0 Å². The van der Waals surface area contributed by atoms with Gasteiger partial charge < -0.3 is 4.98 Å². The van der Waals surface area contributed by atoms with Crippen LogP contribution >= 0.6 is 0 Å². The van der Waals surface area contributed by atoms with Gasteiger partial charge in [-0.1, -0.05) is 65.2 Å². The molecule has 0 unspecified atom stereocenters. The van der Waals surface area contributed by atoms with Crippen LogP contribution in [0.4, 0.5) is 0 Å². The van der Waals surface area contributed by atoms with Crippen LogP contribution in [0, 0.1) is 0 Å². The topological polar surface area (TPSA) is 15.8 Å². The lowest BCUT2D eigenvalue weighted by Gasteiger charge is -2.04. The van der Waals surface area contributed by atoms with Crippen LogP contribution in [0.15, 0.2) is 12.4 Å². The van der Waals surface area contributed by atoms with Crippen LogP contribution in [-0.2, 0) is 12.8 Å². The first kappa shape index (κ1) is 16.3. The van der Waals surface area contributed by atoms with E-state index in [1.165, 1.54) is 77.0 Å². The Morgan fingerprint density at radius 2 is 1.05 bits per heavy atom. The molecule has 1 rings (SSSR count). The number of unbranched alkanes of at least 4 members (excludes halogenated alkanes) is 8. The molecule has 0 atom stereocenters. The van der Waals surface area contributed by atoms with Gasteiger partial charge in [0.1, 0.15) is 0 Å². The van der Waals surface area contributed by atoms with E-state index in [9.17, 15) is 0 Å². The fraction of sp³-hybridized carbons (Fsp3) is 0.778. The summed E-state index contributed by atoms with van der Waals surface area (Å²) in [7, 11) is 0. The van der Waals surface area contributed by atoms with E-state index < -0.39 is 0 Å². The van der Waals surface area contributed by atoms with Gasteiger partial charge in [-0.3, -0.25) is 0 Å². The Morgan fingerprint density at radius 3 is 1.58 bits per heavy atom. The second-order valence-corrected chi connectivity index (χ2v) is 5.83. The normalized spacial score (nSPS) is 11.1. The highest BCUT2D eigenvalue weighted by molar-refractivity contribution is 5.23. The van der Waals surface area contributed by atoms with Crippen LogP contribution in [0.1, 0.15) is 89.2 Å². The van der Waals surface area contributed by atoms with Gasteiger partial charge in [0, 0.05) is 12.4 Å². The van der Waals surface area contributed by atoms with E-state index >= 15 is 0 Å². The summed E-state index contributed by atoms with van der Waals surface area (Å²) in [6.45, 7) is 4.56. The molecule has 1 N–H and O–H groups in total. The van der Waals surface area contributed by atoms with Crippen molar-refractivity contribution in [1.82, 2.24) is 4.98 Å². The Labute approximate surface area is 120 Å². The van der Waals surface area contributed by atoms with Crippen molar-refractivity contribution in [3.63, 3.8) is 0 Å². The van der Waals surface area contributed by atoms with Crippen LogP contribution in [0.5, 0.6) is 0 Å². The van der Waals surface area contributed by atoms with Crippen molar-refractivity contribution >= 4 is 0 Å². The molecular weight excluding hydrogens is 230 g/mol. The molecule has 1 aromatic rings. The SMILES string of the molecule is CCCCCCCCc1c[nH]cc1CCCCCC. The number of aromatic nitrogens is 1. The first-order chi connectivity index (χ1) is 9.38. The molecule has 110 valence electrons. The Hall–Kier alpha value is -0.720. The molecule has 19 heavy (non-hydrogen) atoms. The summed E-state index contributed by atoms with van der Waals surface area (Å²) < 4.78 is 0. The molecule has 0 saturated heterocycles.